The van der Waals surface area contributed by atoms with Gasteiger partial charge < -0.3 is 14.8 Å². The highest BCUT2D eigenvalue weighted by Crippen LogP contribution is 2.40. The third kappa shape index (κ3) is 6.42. The van der Waals surface area contributed by atoms with Crippen LogP contribution in [0.1, 0.15) is 76.0 Å². The summed E-state index contributed by atoms with van der Waals surface area (Å²) in [6.07, 6.45) is 7.08. The van der Waals surface area contributed by atoms with Crippen molar-refractivity contribution in [3.63, 3.8) is 0 Å². The molecule has 3 nitrogen and oxygen atoms in total. The summed E-state index contributed by atoms with van der Waals surface area (Å²) in [6, 6.07) is 15.0. The number of nitrogens with one attached hydrogen (secondary N) is 1. The van der Waals surface area contributed by atoms with Crippen molar-refractivity contribution in [2.24, 2.45) is 0 Å². The molecule has 182 valence electrons. The molecule has 2 N–H and O–H groups in total. The van der Waals surface area contributed by atoms with Gasteiger partial charge in [0, 0.05) is 5.69 Å². The van der Waals surface area contributed by atoms with Crippen molar-refractivity contribution in [3.05, 3.63) is 59.2 Å². The molecule has 0 amide bonds. The molecule has 0 aliphatic heterocycles. The van der Waals surface area contributed by atoms with Crippen LogP contribution in [0.5, 0.6) is 5.75 Å². The highest BCUT2D eigenvalue weighted by atomic mass is 28.4. The Morgan fingerprint density at radius 1 is 1.00 bits per heavy atom. The van der Waals surface area contributed by atoms with Crippen molar-refractivity contribution in [1.82, 2.24) is 0 Å². The fourth-order valence-electron chi connectivity index (χ4n) is 4.78. The van der Waals surface area contributed by atoms with Crippen molar-refractivity contribution < 1.29 is 9.53 Å². The van der Waals surface area contributed by atoms with E-state index in [1.807, 2.05) is 0 Å². The van der Waals surface area contributed by atoms with E-state index in [0.717, 1.165) is 50.0 Å². The first kappa shape index (κ1) is 25.8. The Bertz CT molecular complexity index is 888. The summed E-state index contributed by atoms with van der Waals surface area (Å²) in [5, 5.41) is 15.7. The molecule has 1 aliphatic carbocycles. The molecule has 0 spiro atoms. The van der Waals surface area contributed by atoms with E-state index in [0.29, 0.717) is 0 Å². The fraction of sp³-hybridized carbons (Fsp3) is 0.586. The molecule has 33 heavy (non-hydrogen) atoms. The van der Waals surface area contributed by atoms with Crippen LogP contribution < -0.4 is 9.74 Å². The molecule has 0 saturated heterocycles. The summed E-state index contributed by atoms with van der Waals surface area (Å²) in [7, 11) is -1.89. The predicted molar refractivity (Wildman–Crippen MR) is 144 cm³/mol. The Labute approximate surface area is 203 Å². The maximum Gasteiger partial charge on any atom is 0.250 e. The summed E-state index contributed by atoms with van der Waals surface area (Å²) in [4.78, 5) is 0. The van der Waals surface area contributed by atoms with Crippen LogP contribution in [-0.4, -0.2) is 25.1 Å². The smallest absolute Gasteiger partial charge is 0.250 e. The van der Waals surface area contributed by atoms with Gasteiger partial charge in [0.1, 0.15) is 5.75 Å². The van der Waals surface area contributed by atoms with Crippen LogP contribution >= 0.6 is 0 Å². The third-order valence-electron chi connectivity index (χ3n) is 7.94. The first-order valence-electron chi connectivity index (χ1n) is 12.7. The summed E-state index contributed by atoms with van der Waals surface area (Å²) in [6.45, 7) is 15.7. The van der Waals surface area contributed by atoms with Gasteiger partial charge in [0.25, 0.3) is 0 Å². The second kappa shape index (κ2) is 10.2. The molecule has 0 bridgehead atoms. The number of anilines is 1. The molecule has 2 aromatic rings. The minimum absolute atomic E-state index is 0.0302. The van der Waals surface area contributed by atoms with Crippen LogP contribution in [0.2, 0.25) is 18.1 Å². The van der Waals surface area contributed by atoms with Crippen LogP contribution in [0.15, 0.2) is 42.5 Å². The lowest BCUT2D eigenvalue weighted by Crippen LogP contribution is -2.48. The number of aryl methyl sites for hydroxylation is 3. The van der Waals surface area contributed by atoms with E-state index in [2.05, 4.69) is 95.5 Å². The Morgan fingerprint density at radius 3 is 2.12 bits per heavy atom. The fourth-order valence-corrected chi connectivity index (χ4v) is 5.79. The van der Waals surface area contributed by atoms with E-state index in [4.69, 9.17) is 4.43 Å². The lowest BCUT2D eigenvalue weighted by atomic mass is 9.77. The van der Waals surface area contributed by atoms with E-state index in [1.165, 1.54) is 23.1 Å². The number of benzene rings is 2. The van der Waals surface area contributed by atoms with Crippen molar-refractivity contribution >= 4 is 14.0 Å². The lowest BCUT2D eigenvalue weighted by molar-refractivity contribution is -0.0154. The van der Waals surface area contributed by atoms with Crippen molar-refractivity contribution in [1.29, 1.82) is 0 Å². The van der Waals surface area contributed by atoms with E-state index < -0.39 is 13.9 Å². The largest absolute Gasteiger partial charge is 0.543 e. The molecule has 0 aromatic heterocycles. The van der Waals surface area contributed by atoms with Gasteiger partial charge in [-0.3, -0.25) is 0 Å². The molecule has 3 rings (SSSR count). The molecule has 2 aromatic carbocycles. The number of rotatable bonds is 8. The maximum atomic E-state index is 11.7. The Kier molecular flexibility index (Phi) is 8.01. The van der Waals surface area contributed by atoms with Gasteiger partial charge in [0.2, 0.25) is 8.32 Å². The SMILES string of the molecule is Cc1cc(O[Si](C)(C)C(C)(C)C)cc(C)c1NC(CCc1ccccc1)C1(O)CCCCC1. The molecule has 1 unspecified atom stereocenters. The van der Waals surface area contributed by atoms with Gasteiger partial charge in [-0.1, -0.05) is 70.4 Å². The van der Waals surface area contributed by atoms with E-state index >= 15 is 0 Å². The zero-order chi connectivity index (χ0) is 24.3. The zero-order valence-electron chi connectivity index (χ0n) is 21.9. The number of hydrogen-bond donors (Lipinski definition) is 2. The van der Waals surface area contributed by atoms with Gasteiger partial charge >= 0.3 is 0 Å². The van der Waals surface area contributed by atoms with E-state index in [9.17, 15) is 5.11 Å². The topological polar surface area (TPSA) is 41.5 Å². The van der Waals surface area contributed by atoms with Crippen LogP contribution in [-0.2, 0) is 6.42 Å². The molecular formula is C29H45NO2Si. The Balaban J connectivity index is 1.84. The zero-order valence-corrected chi connectivity index (χ0v) is 22.9. The molecule has 1 aliphatic rings. The molecular weight excluding hydrogens is 422 g/mol. The molecule has 1 fully saturated rings. The lowest BCUT2D eigenvalue weighted by Gasteiger charge is -2.41. The highest BCUT2D eigenvalue weighted by Gasteiger charge is 2.40. The van der Waals surface area contributed by atoms with Crippen LogP contribution in [0.25, 0.3) is 0 Å². The van der Waals surface area contributed by atoms with Gasteiger partial charge in [-0.05, 0) is 86.5 Å². The number of aliphatic hydroxyl groups is 1. The first-order chi connectivity index (χ1) is 15.4. The van der Waals surface area contributed by atoms with Crippen molar-refractivity contribution in [3.8, 4) is 5.75 Å². The van der Waals surface area contributed by atoms with E-state index in [1.54, 1.807) is 0 Å². The normalized spacial score (nSPS) is 17.5. The quantitative estimate of drug-likeness (QED) is 0.389. The van der Waals surface area contributed by atoms with Gasteiger partial charge in [0.15, 0.2) is 0 Å². The average Bonchev–Trinajstić information content (AvgIpc) is 2.72. The van der Waals surface area contributed by atoms with Crippen LogP contribution in [0, 0.1) is 13.8 Å². The summed E-state index contributed by atoms with van der Waals surface area (Å²) >= 11 is 0. The highest BCUT2D eigenvalue weighted by molar-refractivity contribution is 6.74. The van der Waals surface area contributed by atoms with Gasteiger partial charge in [-0.2, -0.15) is 0 Å². The van der Waals surface area contributed by atoms with Gasteiger partial charge in [-0.25, -0.2) is 0 Å². The molecule has 1 saturated carbocycles. The second-order valence-corrected chi connectivity index (χ2v) is 16.4. The minimum atomic E-state index is -1.89. The molecule has 4 heteroatoms. The standard InChI is InChI=1S/C29H45NO2Si/c1-22-20-25(32-33(6,7)28(3,4)5)21-23(2)27(22)30-26(29(31)18-12-9-13-19-29)17-16-24-14-10-8-11-15-24/h8,10-11,14-15,20-21,26,30-31H,9,12-13,16-19H2,1-7H3. The minimum Gasteiger partial charge on any atom is -0.543 e. The van der Waals surface area contributed by atoms with Gasteiger partial charge in [-0.15, -0.1) is 0 Å². The summed E-state index contributed by atoms with van der Waals surface area (Å²) < 4.78 is 6.59. The first-order valence-corrected chi connectivity index (χ1v) is 15.7. The average molecular weight is 468 g/mol. The Hall–Kier alpha value is -1.78. The van der Waals surface area contributed by atoms with Crippen molar-refractivity contribution in [2.75, 3.05) is 5.32 Å². The van der Waals surface area contributed by atoms with E-state index in [-0.39, 0.29) is 11.1 Å². The van der Waals surface area contributed by atoms with Crippen molar-refractivity contribution in [2.45, 2.75) is 109 Å². The maximum absolute atomic E-state index is 11.7. The summed E-state index contributed by atoms with van der Waals surface area (Å²) in [5.74, 6) is 0.972. The van der Waals surface area contributed by atoms with Gasteiger partial charge in [0.05, 0.1) is 11.6 Å². The molecule has 1 atom stereocenters. The monoisotopic (exact) mass is 467 g/mol. The van der Waals surface area contributed by atoms with Crippen LogP contribution in [0.3, 0.4) is 0 Å². The summed E-state index contributed by atoms with van der Waals surface area (Å²) in [5.41, 5.74) is 4.20. The number of hydrogen-bond acceptors (Lipinski definition) is 3. The predicted octanol–water partition coefficient (Wildman–Crippen LogP) is 7.80. The molecule has 0 heterocycles. The molecule has 0 radical (unpaired) electrons. The van der Waals surface area contributed by atoms with Crippen LogP contribution in [0.4, 0.5) is 5.69 Å². The third-order valence-corrected chi connectivity index (χ3v) is 12.3. The second-order valence-electron chi connectivity index (χ2n) is 11.7. The Morgan fingerprint density at radius 2 is 1.58 bits per heavy atom.